The Kier molecular flexibility index (Phi) is 5.61. The monoisotopic (exact) mass is 418 g/mol. The minimum absolute atomic E-state index is 0.203. The van der Waals surface area contributed by atoms with E-state index in [2.05, 4.69) is 25.7 Å². The van der Waals surface area contributed by atoms with Gasteiger partial charge in [-0.1, -0.05) is 0 Å². The van der Waals surface area contributed by atoms with Gasteiger partial charge in [-0.3, -0.25) is 4.68 Å². The van der Waals surface area contributed by atoms with Gasteiger partial charge in [0.1, 0.15) is 6.61 Å². The number of halogens is 2. The average molecular weight is 418 g/mol. The molecule has 1 unspecified atom stereocenters. The summed E-state index contributed by atoms with van der Waals surface area (Å²) in [5.41, 5.74) is 0.287. The molecule has 1 saturated heterocycles. The Balaban J connectivity index is 1.39. The van der Waals surface area contributed by atoms with Gasteiger partial charge in [0.15, 0.2) is 28.9 Å². The third-order valence-corrected chi connectivity index (χ3v) is 4.74. The Labute approximate surface area is 170 Å². The zero-order valence-electron chi connectivity index (χ0n) is 16.1. The summed E-state index contributed by atoms with van der Waals surface area (Å²) in [5, 5.41) is 20.2. The fourth-order valence-electron chi connectivity index (χ4n) is 3.13. The van der Waals surface area contributed by atoms with Crippen molar-refractivity contribution in [3.63, 3.8) is 0 Å². The number of nitrogens with one attached hydrogen (secondary N) is 2. The van der Waals surface area contributed by atoms with Gasteiger partial charge in [0.05, 0.1) is 43.0 Å². The van der Waals surface area contributed by atoms with Crippen molar-refractivity contribution < 1.29 is 23.4 Å². The van der Waals surface area contributed by atoms with Crippen LogP contribution in [0.15, 0.2) is 30.9 Å². The molecule has 1 atom stereocenters. The molecule has 3 aromatic rings. The van der Waals surface area contributed by atoms with Gasteiger partial charge in [-0.15, -0.1) is 0 Å². The summed E-state index contributed by atoms with van der Waals surface area (Å²) in [6.07, 6.45) is 7.34. The summed E-state index contributed by atoms with van der Waals surface area (Å²) < 4.78 is 40.3. The lowest BCUT2D eigenvalue weighted by atomic mass is 10.2. The molecule has 0 aliphatic carbocycles. The molecule has 0 saturated carbocycles. The minimum atomic E-state index is -1.11. The maximum absolute atomic E-state index is 14.2. The third kappa shape index (κ3) is 4.10. The summed E-state index contributed by atoms with van der Waals surface area (Å²) in [7, 11) is 1.22. The normalized spacial score (nSPS) is 15.9. The van der Waals surface area contributed by atoms with Crippen molar-refractivity contribution in [1.82, 2.24) is 25.1 Å². The molecule has 0 amide bonds. The van der Waals surface area contributed by atoms with E-state index in [4.69, 9.17) is 9.47 Å². The number of hydrogen-bond acceptors (Lipinski definition) is 8. The topological polar surface area (TPSA) is 106 Å². The highest BCUT2D eigenvalue weighted by atomic mass is 19.1. The number of phenolic OH excluding ortho intramolecular Hbond substituents is 1. The molecule has 1 aliphatic heterocycles. The third-order valence-electron chi connectivity index (χ3n) is 4.74. The molecule has 1 fully saturated rings. The first kappa shape index (κ1) is 19.8. The summed E-state index contributed by atoms with van der Waals surface area (Å²) in [6.45, 7) is 1.39. The highest BCUT2D eigenvalue weighted by Gasteiger charge is 2.20. The van der Waals surface area contributed by atoms with Gasteiger partial charge >= 0.3 is 0 Å². The smallest absolute Gasteiger partial charge is 0.227 e. The summed E-state index contributed by atoms with van der Waals surface area (Å²) >= 11 is 0. The minimum Gasteiger partial charge on any atom is -0.505 e. The van der Waals surface area contributed by atoms with E-state index in [-0.39, 0.29) is 11.5 Å². The molecule has 4 rings (SSSR count). The summed E-state index contributed by atoms with van der Waals surface area (Å²) in [6, 6.07) is 1.19. The molecule has 0 spiro atoms. The second kappa shape index (κ2) is 8.49. The van der Waals surface area contributed by atoms with E-state index in [1.54, 1.807) is 6.20 Å². The van der Waals surface area contributed by atoms with E-state index >= 15 is 0 Å². The van der Waals surface area contributed by atoms with Crippen LogP contribution in [0, 0.1) is 11.6 Å². The second-order valence-corrected chi connectivity index (χ2v) is 6.72. The van der Waals surface area contributed by atoms with Crippen LogP contribution in [0.4, 0.5) is 20.4 Å². The Morgan fingerprint density at radius 3 is 2.77 bits per heavy atom. The van der Waals surface area contributed by atoms with Crippen LogP contribution in [0.3, 0.4) is 0 Å². The molecule has 0 radical (unpaired) electrons. The maximum atomic E-state index is 14.2. The molecule has 1 aromatic carbocycles. The van der Waals surface area contributed by atoms with Crippen molar-refractivity contribution in [2.24, 2.45) is 0 Å². The summed E-state index contributed by atoms with van der Waals surface area (Å²) in [5.74, 6) is -2.53. The van der Waals surface area contributed by atoms with Crippen molar-refractivity contribution in [3.8, 4) is 17.2 Å². The number of rotatable bonds is 7. The van der Waals surface area contributed by atoms with Crippen LogP contribution in [-0.2, 0) is 6.61 Å². The van der Waals surface area contributed by atoms with Crippen molar-refractivity contribution in [2.45, 2.75) is 19.1 Å². The lowest BCUT2D eigenvalue weighted by molar-refractivity contribution is 0.281. The number of aromatic nitrogens is 4. The zero-order valence-corrected chi connectivity index (χ0v) is 16.1. The van der Waals surface area contributed by atoms with Crippen LogP contribution in [0.5, 0.6) is 17.2 Å². The van der Waals surface area contributed by atoms with Gasteiger partial charge in [-0.25, -0.2) is 18.7 Å². The Hall–Kier alpha value is -3.47. The molecule has 3 heterocycles. The van der Waals surface area contributed by atoms with Crippen LogP contribution < -0.4 is 20.1 Å². The van der Waals surface area contributed by atoms with Crippen LogP contribution in [0.2, 0.25) is 0 Å². The lowest BCUT2D eigenvalue weighted by Crippen LogP contribution is -2.13. The first-order valence-corrected chi connectivity index (χ1v) is 9.25. The van der Waals surface area contributed by atoms with Gasteiger partial charge in [0, 0.05) is 18.8 Å². The molecular formula is C19H20F2N6O3. The Morgan fingerprint density at radius 2 is 2.07 bits per heavy atom. The molecule has 9 nitrogen and oxygen atoms in total. The van der Waals surface area contributed by atoms with Gasteiger partial charge in [0.25, 0.3) is 0 Å². The predicted octanol–water partition coefficient (Wildman–Crippen LogP) is 2.52. The molecule has 2 aromatic heterocycles. The number of phenols is 1. The van der Waals surface area contributed by atoms with E-state index in [9.17, 15) is 13.9 Å². The number of anilines is 2. The van der Waals surface area contributed by atoms with Crippen LogP contribution in [0.1, 0.15) is 18.0 Å². The highest BCUT2D eigenvalue weighted by Crippen LogP contribution is 2.31. The molecule has 3 N–H and O–H groups in total. The van der Waals surface area contributed by atoms with Gasteiger partial charge in [-0.2, -0.15) is 5.10 Å². The number of ether oxygens (including phenoxy) is 2. The van der Waals surface area contributed by atoms with E-state index in [1.165, 1.54) is 19.5 Å². The predicted molar refractivity (Wildman–Crippen MR) is 103 cm³/mol. The van der Waals surface area contributed by atoms with Gasteiger partial charge in [0.2, 0.25) is 5.95 Å². The standard InChI is InChI=1S/C19H20F2N6O3/c1-29-16-4-15(28)17(20)14(18(16)21)10-30-13-7-23-19(24-8-13)26-11-5-25-27(9-11)12-2-3-22-6-12/h4-5,7-9,12,22,28H,2-3,6,10H2,1H3,(H,23,24,26). The van der Waals surface area contributed by atoms with Crippen LogP contribution in [-0.4, -0.2) is 45.1 Å². The highest BCUT2D eigenvalue weighted by molar-refractivity contribution is 5.50. The van der Waals surface area contributed by atoms with Crippen LogP contribution >= 0.6 is 0 Å². The number of benzene rings is 1. The van der Waals surface area contributed by atoms with E-state index < -0.39 is 29.6 Å². The number of aromatic hydroxyl groups is 1. The zero-order chi connectivity index (χ0) is 21.1. The van der Waals surface area contributed by atoms with E-state index in [0.29, 0.717) is 12.0 Å². The molecule has 158 valence electrons. The molecule has 0 bridgehead atoms. The SMILES string of the molecule is COc1cc(O)c(F)c(COc2cnc(Nc3cnn(C4CCNC4)c3)nc2)c1F. The number of hydrogen-bond donors (Lipinski definition) is 3. The van der Waals surface area contributed by atoms with Crippen molar-refractivity contribution in [3.05, 3.63) is 48.1 Å². The molecule has 1 aliphatic rings. The Bertz CT molecular complexity index is 1020. The average Bonchev–Trinajstić information content (AvgIpc) is 3.44. The quantitative estimate of drug-likeness (QED) is 0.538. The molecule has 30 heavy (non-hydrogen) atoms. The second-order valence-electron chi connectivity index (χ2n) is 6.72. The first-order chi connectivity index (χ1) is 14.5. The number of methoxy groups -OCH3 is 1. The van der Waals surface area contributed by atoms with Gasteiger partial charge in [-0.05, 0) is 13.0 Å². The van der Waals surface area contributed by atoms with Gasteiger partial charge < -0.3 is 25.2 Å². The molecular weight excluding hydrogens is 398 g/mol. The van der Waals surface area contributed by atoms with E-state index in [0.717, 1.165) is 31.3 Å². The summed E-state index contributed by atoms with van der Waals surface area (Å²) in [4.78, 5) is 8.26. The van der Waals surface area contributed by atoms with Crippen molar-refractivity contribution in [1.29, 1.82) is 0 Å². The Morgan fingerprint density at radius 1 is 1.27 bits per heavy atom. The maximum Gasteiger partial charge on any atom is 0.227 e. The first-order valence-electron chi connectivity index (χ1n) is 9.25. The number of nitrogens with zero attached hydrogens (tertiary/aromatic N) is 4. The van der Waals surface area contributed by atoms with E-state index in [1.807, 2.05) is 10.9 Å². The van der Waals surface area contributed by atoms with Crippen LogP contribution in [0.25, 0.3) is 0 Å². The van der Waals surface area contributed by atoms with Crippen molar-refractivity contribution in [2.75, 3.05) is 25.5 Å². The fourth-order valence-corrected chi connectivity index (χ4v) is 3.13. The lowest BCUT2D eigenvalue weighted by Gasteiger charge is -2.11. The van der Waals surface area contributed by atoms with Crippen molar-refractivity contribution >= 4 is 11.6 Å². The molecule has 11 heteroatoms. The largest absolute Gasteiger partial charge is 0.505 e. The fraction of sp³-hybridized carbons (Fsp3) is 0.316.